The molecule has 0 saturated carbocycles. The molecule has 1 aliphatic carbocycles. The van der Waals surface area contributed by atoms with Gasteiger partial charge in [0.05, 0.1) is 11.0 Å². The smallest absolute Gasteiger partial charge is 0.407 e. The van der Waals surface area contributed by atoms with Gasteiger partial charge in [0, 0.05) is 5.92 Å². The molecule has 0 spiro atoms. The Morgan fingerprint density at radius 2 is 1.49 bits per heavy atom. The molecule has 182 valence electrons. The van der Waals surface area contributed by atoms with Crippen molar-refractivity contribution in [3.05, 3.63) is 89.5 Å². The van der Waals surface area contributed by atoms with Crippen LogP contribution in [0.3, 0.4) is 0 Å². The maximum Gasteiger partial charge on any atom is 0.407 e. The average Bonchev–Trinajstić information content (AvgIpc) is 3.14. The molecule has 2 atom stereocenters. The Morgan fingerprint density at radius 3 is 2.03 bits per heavy atom. The zero-order valence-corrected chi connectivity index (χ0v) is 20.1. The van der Waals surface area contributed by atoms with Crippen molar-refractivity contribution in [1.29, 1.82) is 0 Å². The molecule has 2 amide bonds. The fraction of sp³-hybridized carbons (Fsp3) is 0.231. The van der Waals surface area contributed by atoms with Gasteiger partial charge >= 0.3 is 6.09 Å². The number of carbonyl (C=O) groups excluding carboxylic acids is 2. The Hall–Kier alpha value is -3.69. The summed E-state index contributed by atoms with van der Waals surface area (Å²) < 4.78 is 32.4. The molecule has 0 heterocycles. The van der Waals surface area contributed by atoms with Crippen molar-refractivity contribution < 1.29 is 27.9 Å². The number of aliphatic hydroxyl groups is 1. The summed E-state index contributed by atoms with van der Waals surface area (Å²) in [7, 11) is -4.19. The van der Waals surface area contributed by atoms with Gasteiger partial charge in [-0.05, 0) is 48.2 Å². The third kappa shape index (κ3) is 5.21. The fourth-order valence-corrected chi connectivity index (χ4v) is 5.15. The van der Waals surface area contributed by atoms with Gasteiger partial charge in [-0.15, -0.1) is 0 Å². The predicted molar refractivity (Wildman–Crippen MR) is 130 cm³/mol. The summed E-state index contributed by atoms with van der Waals surface area (Å²) in [4.78, 5) is 25.1. The van der Waals surface area contributed by atoms with Gasteiger partial charge in [-0.1, -0.05) is 66.2 Å². The van der Waals surface area contributed by atoms with Crippen LogP contribution in [0.4, 0.5) is 4.79 Å². The first-order valence-corrected chi connectivity index (χ1v) is 12.6. The number of alkyl carbamates (subject to hydrolysis) is 1. The van der Waals surface area contributed by atoms with E-state index < -0.39 is 34.2 Å². The van der Waals surface area contributed by atoms with Crippen LogP contribution in [0.25, 0.3) is 11.1 Å². The van der Waals surface area contributed by atoms with Crippen molar-refractivity contribution in [2.75, 3.05) is 6.61 Å². The van der Waals surface area contributed by atoms with E-state index >= 15 is 0 Å². The van der Waals surface area contributed by atoms with Crippen molar-refractivity contribution in [1.82, 2.24) is 10.0 Å². The third-order valence-corrected chi connectivity index (χ3v) is 7.31. The van der Waals surface area contributed by atoms with E-state index in [9.17, 15) is 23.1 Å². The molecule has 0 bridgehead atoms. The van der Waals surface area contributed by atoms with Gasteiger partial charge in [-0.3, -0.25) is 4.79 Å². The number of amides is 2. The maximum absolute atomic E-state index is 12.6. The van der Waals surface area contributed by atoms with Crippen LogP contribution in [0, 0.1) is 6.92 Å². The highest BCUT2D eigenvalue weighted by Crippen LogP contribution is 2.44. The molecule has 3 N–H and O–H groups in total. The molecule has 8 nitrogen and oxygen atoms in total. The van der Waals surface area contributed by atoms with E-state index in [-0.39, 0.29) is 17.4 Å². The number of aryl methyl sites for hydroxylation is 1. The second-order valence-electron chi connectivity index (χ2n) is 8.47. The number of benzene rings is 3. The Balaban J connectivity index is 1.42. The summed E-state index contributed by atoms with van der Waals surface area (Å²) in [6.45, 7) is 3.08. The summed E-state index contributed by atoms with van der Waals surface area (Å²) in [5.41, 5.74) is 5.04. The number of hydrogen-bond acceptors (Lipinski definition) is 6. The number of ether oxygens (including phenoxy) is 1. The zero-order valence-electron chi connectivity index (χ0n) is 19.3. The number of nitrogens with one attached hydrogen (secondary N) is 2. The van der Waals surface area contributed by atoms with E-state index in [1.165, 1.54) is 19.1 Å². The van der Waals surface area contributed by atoms with Crippen LogP contribution in [0.15, 0.2) is 77.7 Å². The molecule has 0 aliphatic heterocycles. The third-order valence-electron chi connectivity index (χ3n) is 5.95. The molecule has 3 aromatic carbocycles. The Morgan fingerprint density at radius 1 is 0.943 bits per heavy atom. The SMILES string of the molecule is Cc1ccc(S(=O)(=O)NC(=O)[C@H](NC(=O)OCC2c3ccccc3-c3ccccc32)[C@H](C)O)cc1. The van der Waals surface area contributed by atoms with Crippen LogP contribution in [-0.2, 0) is 19.6 Å². The van der Waals surface area contributed by atoms with Crippen LogP contribution in [-0.4, -0.2) is 44.3 Å². The normalized spacial score (nSPS) is 14.4. The van der Waals surface area contributed by atoms with Crippen molar-refractivity contribution >= 4 is 22.0 Å². The highest BCUT2D eigenvalue weighted by atomic mass is 32.2. The molecule has 0 saturated heterocycles. The molecule has 1 aliphatic rings. The molecule has 3 aromatic rings. The summed E-state index contributed by atoms with van der Waals surface area (Å²) in [6, 6.07) is 20.1. The van der Waals surface area contributed by atoms with Gasteiger partial charge in [0.1, 0.15) is 12.6 Å². The summed E-state index contributed by atoms with van der Waals surface area (Å²) >= 11 is 0. The highest BCUT2D eigenvalue weighted by molar-refractivity contribution is 7.90. The lowest BCUT2D eigenvalue weighted by molar-refractivity contribution is -0.123. The number of sulfonamides is 1. The van der Waals surface area contributed by atoms with Gasteiger partial charge < -0.3 is 15.2 Å². The Bertz CT molecular complexity index is 1310. The summed E-state index contributed by atoms with van der Waals surface area (Å²) in [5, 5.41) is 12.3. The van der Waals surface area contributed by atoms with Crippen LogP contribution in [0.5, 0.6) is 0 Å². The molecule has 0 radical (unpaired) electrons. The fourth-order valence-electron chi connectivity index (χ4n) is 4.14. The molecule has 9 heteroatoms. The van der Waals surface area contributed by atoms with E-state index in [0.717, 1.165) is 27.8 Å². The van der Waals surface area contributed by atoms with Crippen LogP contribution in [0.1, 0.15) is 29.5 Å². The topological polar surface area (TPSA) is 122 Å². The van der Waals surface area contributed by atoms with Crippen LogP contribution < -0.4 is 10.0 Å². The summed E-state index contributed by atoms with van der Waals surface area (Å²) in [6.07, 6.45) is -2.32. The summed E-state index contributed by atoms with van der Waals surface area (Å²) in [5.74, 6) is -1.26. The van der Waals surface area contributed by atoms with E-state index in [1.54, 1.807) is 19.1 Å². The van der Waals surface area contributed by atoms with Crippen molar-refractivity contribution in [3.63, 3.8) is 0 Å². The van der Waals surface area contributed by atoms with Gasteiger partial charge in [0.15, 0.2) is 0 Å². The van der Waals surface area contributed by atoms with E-state index in [0.29, 0.717) is 0 Å². The molecular weight excluding hydrogens is 468 g/mol. The van der Waals surface area contributed by atoms with Gasteiger partial charge in [-0.2, -0.15) is 0 Å². The molecule has 4 rings (SSSR count). The first-order chi connectivity index (χ1) is 16.7. The number of fused-ring (bicyclic) bond motifs is 3. The molecule has 0 aromatic heterocycles. The zero-order chi connectivity index (χ0) is 25.2. The predicted octanol–water partition coefficient (Wildman–Crippen LogP) is 3.09. The minimum absolute atomic E-state index is 0.00960. The lowest BCUT2D eigenvalue weighted by Gasteiger charge is -2.21. The van der Waals surface area contributed by atoms with Crippen LogP contribution >= 0.6 is 0 Å². The molecule has 0 fully saturated rings. The molecule has 0 unspecified atom stereocenters. The number of rotatable bonds is 7. The highest BCUT2D eigenvalue weighted by Gasteiger charge is 2.32. The second-order valence-corrected chi connectivity index (χ2v) is 10.2. The lowest BCUT2D eigenvalue weighted by atomic mass is 9.98. The monoisotopic (exact) mass is 494 g/mol. The Labute approximate surface area is 204 Å². The van der Waals surface area contributed by atoms with E-state index in [4.69, 9.17) is 4.74 Å². The van der Waals surface area contributed by atoms with Crippen molar-refractivity contribution in [2.24, 2.45) is 0 Å². The van der Waals surface area contributed by atoms with Crippen molar-refractivity contribution in [2.45, 2.75) is 36.8 Å². The minimum Gasteiger partial charge on any atom is -0.449 e. The largest absolute Gasteiger partial charge is 0.449 e. The first kappa shape index (κ1) is 24.4. The van der Waals surface area contributed by atoms with Crippen LogP contribution in [0.2, 0.25) is 0 Å². The van der Waals surface area contributed by atoms with Gasteiger partial charge in [0.2, 0.25) is 0 Å². The average molecular weight is 495 g/mol. The van der Waals surface area contributed by atoms with Gasteiger partial charge in [-0.25, -0.2) is 17.9 Å². The molecular formula is C26H26N2O6S. The van der Waals surface area contributed by atoms with E-state index in [1.807, 2.05) is 53.3 Å². The standard InChI is InChI=1S/C26H26N2O6S/c1-16-11-13-18(14-12-16)35(32,33)28-25(30)24(17(2)29)27-26(31)34-15-23-21-9-5-3-7-19(21)20-8-4-6-10-22(20)23/h3-14,17,23-24,29H,15H2,1-2H3,(H,27,31)(H,28,30)/t17-,24+/m0/s1. The van der Waals surface area contributed by atoms with Crippen molar-refractivity contribution in [3.8, 4) is 11.1 Å². The maximum atomic E-state index is 12.6. The number of hydrogen-bond donors (Lipinski definition) is 3. The minimum atomic E-state index is -4.19. The van der Waals surface area contributed by atoms with E-state index in [2.05, 4.69) is 5.32 Å². The number of carbonyl (C=O) groups is 2. The molecule has 35 heavy (non-hydrogen) atoms. The lowest BCUT2D eigenvalue weighted by Crippen LogP contribution is -2.53. The quantitative estimate of drug-likeness (QED) is 0.464. The second kappa shape index (κ2) is 9.89. The first-order valence-electron chi connectivity index (χ1n) is 11.1. The number of aliphatic hydroxyl groups excluding tert-OH is 1. The van der Waals surface area contributed by atoms with Gasteiger partial charge in [0.25, 0.3) is 15.9 Å². The Kier molecular flexibility index (Phi) is 6.90.